The second-order valence-electron chi connectivity index (χ2n) is 5.13. The largest absolute Gasteiger partial charge is 0.376 e. The van der Waals surface area contributed by atoms with Crippen molar-refractivity contribution in [2.24, 2.45) is 0 Å². The molecule has 2 heterocycles. The van der Waals surface area contributed by atoms with Crippen molar-refractivity contribution < 1.29 is 4.74 Å². The molecule has 4 heteroatoms. The molecule has 0 aliphatic carbocycles. The van der Waals surface area contributed by atoms with Gasteiger partial charge in [0.15, 0.2) is 0 Å². The van der Waals surface area contributed by atoms with Gasteiger partial charge in [-0.05, 0) is 14.0 Å². The van der Waals surface area contributed by atoms with Crippen LogP contribution in [0.5, 0.6) is 0 Å². The van der Waals surface area contributed by atoms with E-state index < -0.39 is 0 Å². The van der Waals surface area contributed by atoms with E-state index in [1.807, 2.05) is 0 Å². The minimum absolute atomic E-state index is 0.418. The van der Waals surface area contributed by atoms with Crippen molar-refractivity contribution in [2.45, 2.75) is 13.0 Å². The zero-order chi connectivity index (χ0) is 11.4. The van der Waals surface area contributed by atoms with Crippen LogP contribution in [-0.4, -0.2) is 86.8 Å². The lowest BCUT2D eigenvalue weighted by Gasteiger charge is -2.36. The number of piperazine rings is 1. The fourth-order valence-corrected chi connectivity index (χ4v) is 2.45. The normalized spacial score (nSPS) is 30.8. The van der Waals surface area contributed by atoms with Crippen LogP contribution in [0.3, 0.4) is 0 Å². The van der Waals surface area contributed by atoms with Gasteiger partial charge in [-0.15, -0.1) is 0 Å². The molecule has 0 spiro atoms. The van der Waals surface area contributed by atoms with Gasteiger partial charge in [0.2, 0.25) is 0 Å². The van der Waals surface area contributed by atoms with E-state index >= 15 is 0 Å². The van der Waals surface area contributed by atoms with E-state index in [1.54, 1.807) is 0 Å². The van der Waals surface area contributed by atoms with Crippen LogP contribution < -0.4 is 0 Å². The molecule has 16 heavy (non-hydrogen) atoms. The Labute approximate surface area is 99.1 Å². The molecule has 0 aromatic heterocycles. The lowest BCUT2D eigenvalue weighted by atomic mass is 10.3. The predicted octanol–water partition coefficient (Wildman–Crippen LogP) is -0.0455. The van der Waals surface area contributed by atoms with Crippen molar-refractivity contribution in [2.75, 3.05) is 66.0 Å². The van der Waals surface area contributed by atoms with Gasteiger partial charge in [0, 0.05) is 52.4 Å². The van der Waals surface area contributed by atoms with E-state index in [0.717, 1.165) is 19.7 Å². The summed E-state index contributed by atoms with van der Waals surface area (Å²) >= 11 is 0. The summed E-state index contributed by atoms with van der Waals surface area (Å²) in [5, 5.41) is 0. The van der Waals surface area contributed by atoms with E-state index in [1.165, 1.54) is 39.3 Å². The van der Waals surface area contributed by atoms with Crippen LogP contribution in [-0.2, 0) is 4.74 Å². The number of rotatable bonds is 3. The van der Waals surface area contributed by atoms with Gasteiger partial charge in [-0.25, -0.2) is 0 Å². The standard InChI is InChI=1S/C12H25N3O/c1-12-11-15(9-10-16-12)8-7-14-5-3-13(2)4-6-14/h12H,3-11H2,1-2H3. The molecule has 0 N–H and O–H groups in total. The van der Waals surface area contributed by atoms with Crippen molar-refractivity contribution >= 4 is 0 Å². The molecule has 4 nitrogen and oxygen atoms in total. The average molecular weight is 227 g/mol. The summed E-state index contributed by atoms with van der Waals surface area (Å²) in [6, 6.07) is 0. The molecule has 2 aliphatic heterocycles. The third kappa shape index (κ3) is 3.70. The van der Waals surface area contributed by atoms with E-state index in [9.17, 15) is 0 Å². The number of likely N-dealkylation sites (N-methyl/N-ethyl adjacent to an activating group) is 1. The Morgan fingerprint density at radius 1 is 1.00 bits per heavy atom. The summed E-state index contributed by atoms with van der Waals surface area (Å²) in [4.78, 5) is 7.53. The SMILES string of the molecule is CC1CN(CCN2CCN(C)CC2)CCO1. The first kappa shape index (κ1) is 12.3. The van der Waals surface area contributed by atoms with E-state index in [-0.39, 0.29) is 0 Å². The van der Waals surface area contributed by atoms with E-state index in [2.05, 4.69) is 28.7 Å². The monoisotopic (exact) mass is 227 g/mol. The second kappa shape index (κ2) is 5.96. The minimum Gasteiger partial charge on any atom is -0.376 e. The fraction of sp³-hybridized carbons (Fsp3) is 1.00. The summed E-state index contributed by atoms with van der Waals surface area (Å²) in [6.07, 6.45) is 0.418. The van der Waals surface area contributed by atoms with Gasteiger partial charge in [-0.1, -0.05) is 0 Å². The van der Waals surface area contributed by atoms with Gasteiger partial charge in [0.25, 0.3) is 0 Å². The summed E-state index contributed by atoms with van der Waals surface area (Å²) in [7, 11) is 2.21. The number of nitrogens with zero attached hydrogens (tertiary/aromatic N) is 3. The highest BCUT2D eigenvalue weighted by molar-refractivity contribution is 4.73. The molecule has 0 radical (unpaired) electrons. The maximum atomic E-state index is 5.55. The second-order valence-corrected chi connectivity index (χ2v) is 5.13. The van der Waals surface area contributed by atoms with Gasteiger partial charge >= 0.3 is 0 Å². The van der Waals surface area contributed by atoms with E-state index in [0.29, 0.717) is 6.10 Å². The quantitative estimate of drug-likeness (QED) is 0.673. The highest BCUT2D eigenvalue weighted by Gasteiger charge is 2.18. The first-order valence-corrected chi connectivity index (χ1v) is 6.49. The third-order valence-corrected chi connectivity index (χ3v) is 3.65. The predicted molar refractivity (Wildman–Crippen MR) is 65.8 cm³/mol. The number of hydrogen-bond acceptors (Lipinski definition) is 4. The highest BCUT2D eigenvalue weighted by atomic mass is 16.5. The van der Waals surface area contributed by atoms with Crippen LogP contribution in [0.2, 0.25) is 0 Å². The number of ether oxygens (including phenoxy) is 1. The number of hydrogen-bond donors (Lipinski definition) is 0. The maximum absolute atomic E-state index is 5.55. The fourth-order valence-electron chi connectivity index (χ4n) is 2.45. The molecule has 0 aromatic rings. The lowest BCUT2D eigenvalue weighted by Crippen LogP contribution is -2.49. The van der Waals surface area contributed by atoms with Crippen LogP contribution in [0, 0.1) is 0 Å². The zero-order valence-electron chi connectivity index (χ0n) is 10.7. The zero-order valence-corrected chi connectivity index (χ0v) is 10.7. The van der Waals surface area contributed by atoms with Crippen LogP contribution in [0.1, 0.15) is 6.92 Å². The Balaban J connectivity index is 1.63. The van der Waals surface area contributed by atoms with Gasteiger partial charge in [0.1, 0.15) is 0 Å². The molecule has 2 rings (SSSR count). The summed E-state index contributed by atoms with van der Waals surface area (Å²) in [5.41, 5.74) is 0. The van der Waals surface area contributed by atoms with Crippen molar-refractivity contribution in [3.05, 3.63) is 0 Å². The molecular formula is C12H25N3O. The molecule has 2 saturated heterocycles. The van der Waals surface area contributed by atoms with Crippen LogP contribution in [0.4, 0.5) is 0 Å². The Hall–Kier alpha value is -0.160. The third-order valence-electron chi connectivity index (χ3n) is 3.65. The Kier molecular flexibility index (Phi) is 4.58. The molecule has 94 valence electrons. The van der Waals surface area contributed by atoms with Crippen LogP contribution in [0.15, 0.2) is 0 Å². The first-order valence-electron chi connectivity index (χ1n) is 6.49. The van der Waals surface area contributed by atoms with Gasteiger partial charge in [0.05, 0.1) is 12.7 Å². The molecule has 0 bridgehead atoms. The Bertz CT molecular complexity index is 204. The van der Waals surface area contributed by atoms with Crippen LogP contribution in [0.25, 0.3) is 0 Å². The Morgan fingerprint density at radius 2 is 1.69 bits per heavy atom. The minimum atomic E-state index is 0.418. The van der Waals surface area contributed by atoms with Gasteiger partial charge < -0.3 is 9.64 Å². The average Bonchev–Trinajstić information content (AvgIpc) is 2.28. The maximum Gasteiger partial charge on any atom is 0.0674 e. The first-order chi connectivity index (χ1) is 7.74. The molecule has 0 aromatic carbocycles. The van der Waals surface area contributed by atoms with Gasteiger partial charge in [-0.2, -0.15) is 0 Å². The lowest BCUT2D eigenvalue weighted by molar-refractivity contribution is -0.0216. The summed E-state index contributed by atoms with van der Waals surface area (Å²) in [6.45, 7) is 12.6. The summed E-state index contributed by atoms with van der Waals surface area (Å²) < 4.78 is 5.55. The van der Waals surface area contributed by atoms with Crippen molar-refractivity contribution in [1.82, 2.24) is 14.7 Å². The van der Waals surface area contributed by atoms with Crippen LogP contribution >= 0.6 is 0 Å². The number of morpholine rings is 1. The van der Waals surface area contributed by atoms with Crippen molar-refractivity contribution in [3.63, 3.8) is 0 Å². The topological polar surface area (TPSA) is 19.0 Å². The summed E-state index contributed by atoms with van der Waals surface area (Å²) in [5.74, 6) is 0. The molecule has 2 fully saturated rings. The van der Waals surface area contributed by atoms with Crippen molar-refractivity contribution in [3.8, 4) is 0 Å². The van der Waals surface area contributed by atoms with Crippen molar-refractivity contribution in [1.29, 1.82) is 0 Å². The molecule has 0 saturated carbocycles. The highest BCUT2D eigenvalue weighted by Crippen LogP contribution is 2.05. The molecule has 2 aliphatic rings. The molecule has 1 atom stereocenters. The molecule has 1 unspecified atom stereocenters. The smallest absolute Gasteiger partial charge is 0.0674 e. The molecular weight excluding hydrogens is 202 g/mol. The molecule has 0 amide bonds. The van der Waals surface area contributed by atoms with E-state index in [4.69, 9.17) is 4.74 Å². The van der Waals surface area contributed by atoms with Gasteiger partial charge in [-0.3, -0.25) is 9.80 Å². The Morgan fingerprint density at radius 3 is 2.38 bits per heavy atom.